The number of anilines is 1. The van der Waals surface area contributed by atoms with E-state index in [1.807, 2.05) is 22.8 Å². The Bertz CT molecular complexity index is 336. The van der Waals surface area contributed by atoms with Gasteiger partial charge in [-0.1, -0.05) is 0 Å². The van der Waals surface area contributed by atoms with Crippen LogP contribution in [0, 0.1) is 0 Å². The Morgan fingerprint density at radius 3 is 3.00 bits per heavy atom. The van der Waals surface area contributed by atoms with Crippen molar-refractivity contribution in [1.29, 1.82) is 0 Å². The van der Waals surface area contributed by atoms with E-state index in [1.54, 1.807) is 13.1 Å². The van der Waals surface area contributed by atoms with Crippen LogP contribution in [0.15, 0.2) is 12.3 Å². The molecule has 1 heterocycles. The minimum absolute atomic E-state index is 0.0332. The maximum Gasteiger partial charge on any atom is 0.233 e. The predicted octanol–water partition coefficient (Wildman–Crippen LogP) is -0.467. The normalized spacial score (nSPS) is 10.7. The van der Waals surface area contributed by atoms with Crippen molar-refractivity contribution in [3.63, 3.8) is 0 Å². The van der Waals surface area contributed by atoms with Crippen molar-refractivity contribution in [2.45, 2.75) is 13.0 Å². The van der Waals surface area contributed by atoms with Crippen LogP contribution in [0.3, 0.4) is 0 Å². The molecule has 0 fully saturated rings. The average Bonchev–Trinajstić information content (AvgIpc) is 2.64. The zero-order chi connectivity index (χ0) is 12.0. The summed E-state index contributed by atoms with van der Waals surface area (Å²) in [5, 5.41) is 6.67. The van der Waals surface area contributed by atoms with Crippen LogP contribution in [0.25, 0.3) is 0 Å². The third-order valence-electron chi connectivity index (χ3n) is 2.28. The van der Waals surface area contributed by atoms with Gasteiger partial charge >= 0.3 is 0 Å². The van der Waals surface area contributed by atoms with E-state index < -0.39 is 0 Å². The van der Waals surface area contributed by atoms with Gasteiger partial charge in [0.25, 0.3) is 0 Å². The van der Waals surface area contributed by atoms with Crippen LogP contribution in [0.4, 0.5) is 5.82 Å². The van der Waals surface area contributed by atoms with Crippen LogP contribution < -0.4 is 11.1 Å². The van der Waals surface area contributed by atoms with Gasteiger partial charge < -0.3 is 11.1 Å². The number of hydrogen-bond acceptors (Lipinski definition) is 4. The quantitative estimate of drug-likeness (QED) is 0.686. The molecule has 16 heavy (non-hydrogen) atoms. The van der Waals surface area contributed by atoms with E-state index in [1.165, 1.54) is 0 Å². The van der Waals surface area contributed by atoms with Gasteiger partial charge in [0.15, 0.2) is 0 Å². The molecular weight excluding hydrogens is 206 g/mol. The standard InChI is InChI=1S/C10H19N5O/c1-12-10(16)8-14(2)5-3-6-15-7-4-9(11)13-15/h4,7H,3,5-6,8H2,1-2H3,(H2,11,13)(H,12,16). The van der Waals surface area contributed by atoms with E-state index in [-0.39, 0.29) is 5.91 Å². The lowest BCUT2D eigenvalue weighted by atomic mass is 10.4. The second-order valence-corrected chi connectivity index (χ2v) is 3.77. The number of likely N-dealkylation sites (N-methyl/N-ethyl adjacent to an activating group) is 2. The van der Waals surface area contributed by atoms with Crippen molar-refractivity contribution in [3.05, 3.63) is 12.3 Å². The molecule has 0 unspecified atom stereocenters. The molecular formula is C10H19N5O. The fraction of sp³-hybridized carbons (Fsp3) is 0.600. The van der Waals surface area contributed by atoms with Gasteiger partial charge in [0.1, 0.15) is 5.82 Å². The maximum atomic E-state index is 11.1. The van der Waals surface area contributed by atoms with Gasteiger partial charge in [-0.05, 0) is 19.5 Å². The highest BCUT2D eigenvalue weighted by atomic mass is 16.1. The molecule has 90 valence electrons. The number of aryl methyl sites for hydroxylation is 1. The molecule has 0 aliphatic carbocycles. The van der Waals surface area contributed by atoms with Crippen molar-refractivity contribution in [2.75, 3.05) is 32.9 Å². The molecule has 0 saturated heterocycles. The van der Waals surface area contributed by atoms with Gasteiger partial charge in [-0.15, -0.1) is 0 Å². The molecule has 1 aromatic rings. The predicted molar refractivity (Wildman–Crippen MR) is 62.8 cm³/mol. The Kier molecular flexibility index (Phi) is 4.78. The van der Waals surface area contributed by atoms with Crippen LogP contribution in [-0.4, -0.2) is 47.8 Å². The Balaban J connectivity index is 2.17. The summed E-state index contributed by atoms with van der Waals surface area (Å²) in [5.41, 5.74) is 5.50. The summed E-state index contributed by atoms with van der Waals surface area (Å²) in [6.07, 6.45) is 2.79. The third kappa shape index (κ3) is 4.31. The number of carbonyl (C=O) groups is 1. The summed E-state index contributed by atoms with van der Waals surface area (Å²) in [7, 11) is 3.56. The minimum atomic E-state index is 0.0332. The molecule has 0 spiro atoms. The Morgan fingerprint density at radius 2 is 2.44 bits per heavy atom. The first-order chi connectivity index (χ1) is 7.61. The van der Waals surface area contributed by atoms with Gasteiger partial charge in [0, 0.05) is 26.3 Å². The zero-order valence-electron chi connectivity index (χ0n) is 9.81. The Hall–Kier alpha value is -1.56. The molecule has 0 saturated carbocycles. The van der Waals surface area contributed by atoms with Crippen molar-refractivity contribution in [2.24, 2.45) is 0 Å². The first kappa shape index (κ1) is 12.5. The fourth-order valence-corrected chi connectivity index (χ4v) is 1.41. The lowest BCUT2D eigenvalue weighted by molar-refractivity contribution is -0.121. The SMILES string of the molecule is CNC(=O)CN(C)CCCn1ccc(N)n1. The number of aromatic nitrogens is 2. The number of amides is 1. The fourth-order valence-electron chi connectivity index (χ4n) is 1.41. The molecule has 1 amide bonds. The average molecular weight is 225 g/mol. The Morgan fingerprint density at radius 1 is 1.69 bits per heavy atom. The second-order valence-electron chi connectivity index (χ2n) is 3.77. The summed E-state index contributed by atoms with van der Waals surface area (Å²) in [6.45, 7) is 2.10. The number of nitrogen functional groups attached to an aromatic ring is 1. The minimum Gasteiger partial charge on any atom is -0.382 e. The Labute approximate surface area is 95.4 Å². The van der Waals surface area contributed by atoms with E-state index in [2.05, 4.69) is 10.4 Å². The van der Waals surface area contributed by atoms with E-state index in [9.17, 15) is 4.79 Å². The summed E-state index contributed by atoms with van der Waals surface area (Å²) < 4.78 is 1.81. The van der Waals surface area contributed by atoms with Gasteiger partial charge in [0.05, 0.1) is 6.54 Å². The maximum absolute atomic E-state index is 11.1. The van der Waals surface area contributed by atoms with Crippen molar-refractivity contribution < 1.29 is 4.79 Å². The molecule has 0 aliphatic heterocycles. The zero-order valence-corrected chi connectivity index (χ0v) is 9.81. The molecule has 1 rings (SSSR count). The van der Waals surface area contributed by atoms with Gasteiger partial charge in [0.2, 0.25) is 5.91 Å². The van der Waals surface area contributed by atoms with Gasteiger partial charge in [-0.3, -0.25) is 14.4 Å². The molecule has 0 atom stereocenters. The smallest absolute Gasteiger partial charge is 0.233 e. The summed E-state index contributed by atoms with van der Waals surface area (Å²) in [4.78, 5) is 13.0. The second kappa shape index (κ2) is 6.12. The summed E-state index contributed by atoms with van der Waals surface area (Å²) in [5.74, 6) is 0.574. The van der Waals surface area contributed by atoms with Gasteiger partial charge in [-0.2, -0.15) is 5.10 Å². The van der Waals surface area contributed by atoms with E-state index in [0.717, 1.165) is 19.5 Å². The highest BCUT2D eigenvalue weighted by Crippen LogP contribution is 1.97. The van der Waals surface area contributed by atoms with E-state index >= 15 is 0 Å². The largest absolute Gasteiger partial charge is 0.382 e. The number of nitrogens with two attached hydrogens (primary N) is 1. The van der Waals surface area contributed by atoms with Crippen molar-refractivity contribution >= 4 is 11.7 Å². The lowest BCUT2D eigenvalue weighted by Gasteiger charge is -2.15. The number of rotatable bonds is 6. The summed E-state index contributed by atoms with van der Waals surface area (Å²) >= 11 is 0. The monoisotopic (exact) mass is 225 g/mol. The first-order valence-electron chi connectivity index (χ1n) is 5.30. The van der Waals surface area contributed by atoms with Crippen LogP contribution in [0.2, 0.25) is 0 Å². The third-order valence-corrected chi connectivity index (χ3v) is 2.28. The molecule has 3 N–H and O–H groups in total. The van der Waals surface area contributed by atoms with Crippen molar-refractivity contribution in [3.8, 4) is 0 Å². The van der Waals surface area contributed by atoms with Crippen LogP contribution in [-0.2, 0) is 11.3 Å². The van der Waals surface area contributed by atoms with Gasteiger partial charge in [-0.25, -0.2) is 0 Å². The highest BCUT2D eigenvalue weighted by Gasteiger charge is 2.04. The number of hydrogen-bond donors (Lipinski definition) is 2. The summed E-state index contributed by atoms with van der Waals surface area (Å²) in [6, 6.07) is 1.77. The number of carbonyl (C=O) groups excluding carboxylic acids is 1. The van der Waals surface area contributed by atoms with Crippen LogP contribution in [0.5, 0.6) is 0 Å². The topological polar surface area (TPSA) is 76.2 Å². The molecule has 1 aromatic heterocycles. The van der Waals surface area contributed by atoms with E-state index in [4.69, 9.17) is 5.73 Å². The number of nitrogens with one attached hydrogen (secondary N) is 1. The molecule has 0 bridgehead atoms. The van der Waals surface area contributed by atoms with Crippen molar-refractivity contribution in [1.82, 2.24) is 20.0 Å². The van der Waals surface area contributed by atoms with Crippen LogP contribution >= 0.6 is 0 Å². The molecule has 0 aliphatic rings. The molecule has 6 nitrogen and oxygen atoms in total. The van der Waals surface area contributed by atoms with E-state index in [0.29, 0.717) is 12.4 Å². The molecule has 0 radical (unpaired) electrons. The number of nitrogens with zero attached hydrogens (tertiary/aromatic N) is 3. The first-order valence-corrected chi connectivity index (χ1v) is 5.30. The molecule has 6 heteroatoms. The lowest BCUT2D eigenvalue weighted by Crippen LogP contribution is -2.33. The van der Waals surface area contributed by atoms with Crippen LogP contribution in [0.1, 0.15) is 6.42 Å². The highest BCUT2D eigenvalue weighted by molar-refractivity contribution is 5.77. The molecule has 0 aromatic carbocycles.